The van der Waals surface area contributed by atoms with Gasteiger partial charge in [-0.3, -0.25) is 0 Å². The molecule has 0 amide bonds. The molecule has 21 heavy (non-hydrogen) atoms. The average molecular weight is 335 g/mol. The second-order valence-electron chi connectivity index (χ2n) is 5.18. The van der Waals surface area contributed by atoms with E-state index in [0.717, 1.165) is 32.2 Å². The molecule has 0 spiro atoms. The lowest BCUT2D eigenvalue weighted by Gasteiger charge is -2.27. The molecule has 1 fully saturated rings. The van der Waals surface area contributed by atoms with Gasteiger partial charge in [-0.05, 0) is 43.4 Å². The van der Waals surface area contributed by atoms with Gasteiger partial charge in [0, 0.05) is 18.6 Å². The molecule has 0 heterocycles. The molecule has 120 valence electrons. The highest BCUT2D eigenvalue weighted by Gasteiger charge is 2.17. The Balaban J connectivity index is 0.00000200. The summed E-state index contributed by atoms with van der Waals surface area (Å²) in [5, 5.41) is 3.55. The van der Waals surface area contributed by atoms with Gasteiger partial charge < -0.3 is 15.8 Å². The topological polar surface area (TPSA) is 64.3 Å². The van der Waals surface area contributed by atoms with Gasteiger partial charge in [-0.15, -0.1) is 24.8 Å². The first-order valence-electron chi connectivity index (χ1n) is 6.85. The maximum Gasteiger partial charge on any atom is 0.337 e. The molecule has 1 saturated carbocycles. The summed E-state index contributed by atoms with van der Waals surface area (Å²) >= 11 is 0. The predicted molar refractivity (Wildman–Crippen MR) is 89.3 cm³/mol. The number of esters is 1. The maximum absolute atomic E-state index is 11.3. The third kappa shape index (κ3) is 6.22. The second kappa shape index (κ2) is 10.0. The molecule has 0 radical (unpaired) electrons. The van der Waals surface area contributed by atoms with Crippen LogP contribution in [0.2, 0.25) is 0 Å². The molecule has 0 aromatic heterocycles. The van der Waals surface area contributed by atoms with Crippen molar-refractivity contribution in [1.29, 1.82) is 0 Å². The Morgan fingerprint density at radius 2 is 1.76 bits per heavy atom. The van der Waals surface area contributed by atoms with Gasteiger partial charge in [0.1, 0.15) is 0 Å². The number of nitrogens with one attached hydrogen (secondary N) is 1. The van der Waals surface area contributed by atoms with E-state index in [4.69, 9.17) is 5.73 Å². The minimum atomic E-state index is -0.291. The second-order valence-corrected chi connectivity index (χ2v) is 5.18. The number of nitrogens with two attached hydrogens (primary N) is 1. The normalized spacial score (nSPS) is 20.9. The Morgan fingerprint density at radius 1 is 1.19 bits per heavy atom. The summed E-state index contributed by atoms with van der Waals surface area (Å²) in [6, 6.07) is 8.50. The molecule has 1 aliphatic rings. The van der Waals surface area contributed by atoms with Crippen LogP contribution < -0.4 is 11.1 Å². The highest BCUT2D eigenvalue weighted by atomic mass is 35.5. The van der Waals surface area contributed by atoms with Gasteiger partial charge in [0.2, 0.25) is 0 Å². The lowest BCUT2D eigenvalue weighted by molar-refractivity contribution is 0.0600. The van der Waals surface area contributed by atoms with Crippen LogP contribution in [0.15, 0.2) is 24.3 Å². The molecule has 0 bridgehead atoms. The number of carbonyl (C=O) groups excluding carboxylic acids is 1. The highest BCUT2D eigenvalue weighted by molar-refractivity contribution is 5.89. The quantitative estimate of drug-likeness (QED) is 0.831. The van der Waals surface area contributed by atoms with E-state index >= 15 is 0 Å². The predicted octanol–water partition coefficient (Wildman–Crippen LogP) is 2.68. The molecular weight excluding hydrogens is 311 g/mol. The Morgan fingerprint density at radius 3 is 2.29 bits per heavy atom. The van der Waals surface area contributed by atoms with E-state index in [9.17, 15) is 4.79 Å². The fourth-order valence-electron chi connectivity index (χ4n) is 2.46. The van der Waals surface area contributed by atoms with Crippen LogP contribution in [0.1, 0.15) is 41.6 Å². The van der Waals surface area contributed by atoms with Gasteiger partial charge in [-0.1, -0.05) is 12.1 Å². The van der Waals surface area contributed by atoms with Crippen molar-refractivity contribution in [2.45, 2.75) is 44.3 Å². The molecule has 2 rings (SSSR count). The SMILES string of the molecule is COC(=O)c1ccc(CNC2CCC(N)CC2)cc1.Cl.Cl. The van der Waals surface area contributed by atoms with Crippen molar-refractivity contribution < 1.29 is 9.53 Å². The lowest BCUT2D eigenvalue weighted by Crippen LogP contribution is -2.37. The fraction of sp³-hybridized carbons (Fsp3) is 0.533. The summed E-state index contributed by atoms with van der Waals surface area (Å²) in [5.41, 5.74) is 7.67. The molecule has 0 aliphatic heterocycles. The number of rotatable bonds is 4. The summed E-state index contributed by atoms with van der Waals surface area (Å²) in [6.45, 7) is 0.835. The summed E-state index contributed by atoms with van der Waals surface area (Å²) in [5.74, 6) is -0.291. The fourth-order valence-corrected chi connectivity index (χ4v) is 2.46. The first-order valence-corrected chi connectivity index (χ1v) is 6.85. The molecule has 1 aliphatic carbocycles. The van der Waals surface area contributed by atoms with Crippen LogP contribution in [0, 0.1) is 0 Å². The first kappa shape index (κ1) is 20.2. The highest BCUT2D eigenvalue weighted by Crippen LogP contribution is 2.17. The minimum absolute atomic E-state index is 0. The third-order valence-corrected chi connectivity index (χ3v) is 3.74. The summed E-state index contributed by atoms with van der Waals surface area (Å²) in [6.07, 6.45) is 4.53. The van der Waals surface area contributed by atoms with Crippen molar-refractivity contribution in [3.05, 3.63) is 35.4 Å². The van der Waals surface area contributed by atoms with Gasteiger partial charge in [0.05, 0.1) is 12.7 Å². The monoisotopic (exact) mass is 334 g/mol. The van der Waals surface area contributed by atoms with Gasteiger partial charge in [-0.25, -0.2) is 4.79 Å². The first-order chi connectivity index (χ1) is 9.19. The number of hydrogen-bond donors (Lipinski definition) is 2. The Kier molecular flexibility index (Phi) is 9.62. The molecule has 0 atom stereocenters. The van der Waals surface area contributed by atoms with Crippen molar-refractivity contribution >= 4 is 30.8 Å². The van der Waals surface area contributed by atoms with E-state index in [1.54, 1.807) is 12.1 Å². The lowest BCUT2D eigenvalue weighted by atomic mass is 9.92. The Bertz CT molecular complexity index is 418. The van der Waals surface area contributed by atoms with E-state index < -0.39 is 0 Å². The average Bonchev–Trinajstić information content (AvgIpc) is 2.46. The number of benzene rings is 1. The van der Waals surface area contributed by atoms with E-state index in [1.165, 1.54) is 12.7 Å². The van der Waals surface area contributed by atoms with Crippen molar-refractivity contribution in [2.24, 2.45) is 5.73 Å². The molecule has 3 N–H and O–H groups in total. The van der Waals surface area contributed by atoms with Gasteiger partial charge in [0.15, 0.2) is 0 Å². The zero-order valence-electron chi connectivity index (χ0n) is 12.2. The zero-order chi connectivity index (χ0) is 13.7. The minimum Gasteiger partial charge on any atom is -0.465 e. The van der Waals surface area contributed by atoms with Crippen molar-refractivity contribution in [3.63, 3.8) is 0 Å². The third-order valence-electron chi connectivity index (χ3n) is 3.74. The largest absolute Gasteiger partial charge is 0.465 e. The van der Waals surface area contributed by atoms with Crippen LogP contribution in [0.3, 0.4) is 0 Å². The van der Waals surface area contributed by atoms with E-state index in [1.807, 2.05) is 12.1 Å². The summed E-state index contributed by atoms with van der Waals surface area (Å²) in [7, 11) is 1.39. The van der Waals surface area contributed by atoms with E-state index in [-0.39, 0.29) is 30.8 Å². The molecule has 0 saturated heterocycles. The standard InChI is InChI=1S/C15H22N2O2.2ClH/c1-19-15(18)12-4-2-11(3-5-12)10-17-14-8-6-13(16)7-9-14;;/h2-5,13-14,17H,6-10,16H2,1H3;2*1H. The molecular formula is C15H24Cl2N2O2. The maximum atomic E-state index is 11.3. The number of ether oxygens (including phenoxy) is 1. The Hall–Kier alpha value is -0.810. The Labute approximate surface area is 138 Å². The molecule has 6 heteroatoms. The van der Waals surface area contributed by atoms with E-state index in [2.05, 4.69) is 10.1 Å². The van der Waals surface area contributed by atoms with Gasteiger partial charge in [0.25, 0.3) is 0 Å². The van der Waals surface area contributed by atoms with Gasteiger partial charge in [-0.2, -0.15) is 0 Å². The zero-order valence-corrected chi connectivity index (χ0v) is 13.8. The van der Waals surface area contributed by atoms with E-state index in [0.29, 0.717) is 17.6 Å². The van der Waals surface area contributed by atoms with Crippen LogP contribution in [-0.4, -0.2) is 25.2 Å². The molecule has 1 aromatic carbocycles. The molecule has 0 unspecified atom stereocenters. The number of hydrogen-bond acceptors (Lipinski definition) is 4. The van der Waals surface area contributed by atoms with Crippen LogP contribution in [0.4, 0.5) is 0 Å². The number of methoxy groups -OCH3 is 1. The number of halogens is 2. The smallest absolute Gasteiger partial charge is 0.337 e. The van der Waals surface area contributed by atoms with Gasteiger partial charge >= 0.3 is 5.97 Å². The number of carbonyl (C=O) groups is 1. The van der Waals surface area contributed by atoms with Crippen LogP contribution in [-0.2, 0) is 11.3 Å². The van der Waals surface area contributed by atoms with Crippen LogP contribution >= 0.6 is 24.8 Å². The summed E-state index contributed by atoms with van der Waals surface area (Å²) in [4.78, 5) is 11.3. The molecule has 1 aromatic rings. The van der Waals surface area contributed by atoms with Crippen LogP contribution in [0.25, 0.3) is 0 Å². The van der Waals surface area contributed by atoms with Crippen molar-refractivity contribution in [1.82, 2.24) is 5.32 Å². The van der Waals surface area contributed by atoms with Crippen LogP contribution in [0.5, 0.6) is 0 Å². The van der Waals surface area contributed by atoms with Crippen molar-refractivity contribution in [2.75, 3.05) is 7.11 Å². The van der Waals surface area contributed by atoms with Crippen molar-refractivity contribution in [3.8, 4) is 0 Å². The summed E-state index contributed by atoms with van der Waals surface area (Å²) < 4.78 is 4.67. The molecule has 4 nitrogen and oxygen atoms in total.